The molecule has 24 heavy (non-hydrogen) atoms. The summed E-state index contributed by atoms with van der Waals surface area (Å²) in [5.74, 6) is 2.61. The summed E-state index contributed by atoms with van der Waals surface area (Å²) >= 11 is 0. The first-order valence-electron chi connectivity index (χ1n) is 8.08. The van der Waals surface area contributed by atoms with Gasteiger partial charge in [0.15, 0.2) is 5.76 Å². The van der Waals surface area contributed by atoms with Crippen LogP contribution in [-0.2, 0) is 6.54 Å². The van der Waals surface area contributed by atoms with E-state index in [-0.39, 0.29) is 0 Å². The number of methoxy groups -OCH3 is 1. The maximum absolute atomic E-state index is 5.39. The van der Waals surface area contributed by atoms with Gasteiger partial charge < -0.3 is 13.7 Å². The van der Waals surface area contributed by atoms with Crippen molar-refractivity contribution in [3.63, 3.8) is 0 Å². The lowest BCUT2D eigenvalue weighted by atomic mass is 10.0. The molecule has 2 aromatic heterocycles. The van der Waals surface area contributed by atoms with Gasteiger partial charge in [0.05, 0.1) is 19.9 Å². The maximum Gasteiger partial charge on any atom is 0.241 e. The first-order valence-corrected chi connectivity index (χ1v) is 8.08. The molecule has 0 saturated carbocycles. The van der Waals surface area contributed by atoms with E-state index in [0.29, 0.717) is 30.1 Å². The van der Waals surface area contributed by atoms with E-state index in [1.54, 1.807) is 13.4 Å². The van der Waals surface area contributed by atoms with E-state index >= 15 is 0 Å². The Kier molecular flexibility index (Phi) is 4.04. The van der Waals surface area contributed by atoms with Gasteiger partial charge in [-0.2, -0.15) is 4.98 Å². The topological polar surface area (TPSA) is 64.5 Å². The van der Waals surface area contributed by atoms with Crippen molar-refractivity contribution in [2.24, 2.45) is 0 Å². The fraction of sp³-hybridized carbons (Fsp3) is 0.333. The maximum atomic E-state index is 5.39. The van der Waals surface area contributed by atoms with Gasteiger partial charge in [-0.15, -0.1) is 0 Å². The van der Waals surface area contributed by atoms with Gasteiger partial charge in [0.25, 0.3) is 0 Å². The molecule has 6 heteroatoms. The molecule has 0 spiro atoms. The lowest BCUT2D eigenvalue weighted by Gasteiger charge is -2.23. The number of hydrogen-bond acceptors (Lipinski definition) is 6. The van der Waals surface area contributed by atoms with Gasteiger partial charge >= 0.3 is 0 Å². The summed E-state index contributed by atoms with van der Waals surface area (Å²) in [6.45, 7) is 1.65. The Morgan fingerprint density at radius 1 is 1.29 bits per heavy atom. The molecule has 0 aliphatic carbocycles. The van der Waals surface area contributed by atoms with Gasteiger partial charge in [-0.1, -0.05) is 17.3 Å². The number of nitrogens with zero attached hydrogens (tertiary/aromatic N) is 3. The summed E-state index contributed by atoms with van der Waals surface area (Å²) in [6.07, 6.45) is 3.87. The van der Waals surface area contributed by atoms with Crippen LogP contribution in [0.4, 0.5) is 0 Å². The Hall–Kier alpha value is -2.60. The molecular weight excluding hydrogens is 306 g/mol. The van der Waals surface area contributed by atoms with Crippen molar-refractivity contribution in [3.05, 3.63) is 54.1 Å². The van der Waals surface area contributed by atoms with Crippen molar-refractivity contribution in [2.75, 3.05) is 13.7 Å². The molecular formula is C18H19N3O3. The molecule has 0 N–H and O–H groups in total. The Bertz CT molecular complexity index is 797. The molecule has 1 unspecified atom stereocenters. The second kappa shape index (κ2) is 6.49. The monoisotopic (exact) mass is 325 g/mol. The van der Waals surface area contributed by atoms with Crippen molar-refractivity contribution >= 4 is 0 Å². The largest absolute Gasteiger partial charge is 0.497 e. The van der Waals surface area contributed by atoms with E-state index in [1.165, 1.54) is 5.56 Å². The average Bonchev–Trinajstić information content (AvgIpc) is 3.36. The van der Waals surface area contributed by atoms with Gasteiger partial charge in [0.1, 0.15) is 5.75 Å². The number of benzene rings is 1. The molecule has 1 aromatic carbocycles. The van der Waals surface area contributed by atoms with Crippen molar-refractivity contribution in [1.82, 2.24) is 15.0 Å². The van der Waals surface area contributed by atoms with Crippen LogP contribution in [0.5, 0.6) is 5.75 Å². The Labute approximate surface area is 140 Å². The summed E-state index contributed by atoms with van der Waals surface area (Å²) < 4.78 is 16.0. The van der Waals surface area contributed by atoms with Crippen LogP contribution < -0.4 is 4.74 Å². The Morgan fingerprint density at radius 3 is 3.08 bits per heavy atom. The van der Waals surface area contributed by atoms with Gasteiger partial charge in [-0.05, 0) is 49.2 Å². The van der Waals surface area contributed by atoms with Gasteiger partial charge in [0.2, 0.25) is 11.7 Å². The Morgan fingerprint density at radius 2 is 2.25 bits per heavy atom. The predicted octanol–water partition coefficient (Wildman–Crippen LogP) is 3.68. The highest BCUT2D eigenvalue weighted by Crippen LogP contribution is 2.34. The minimum absolute atomic E-state index is 0.346. The molecule has 1 saturated heterocycles. The number of likely N-dealkylation sites (tertiary alicyclic amines) is 1. The van der Waals surface area contributed by atoms with Crippen LogP contribution in [0.25, 0.3) is 11.6 Å². The zero-order chi connectivity index (χ0) is 16.4. The molecule has 0 radical (unpaired) electrons. The second-order valence-corrected chi connectivity index (χ2v) is 5.89. The zero-order valence-electron chi connectivity index (χ0n) is 13.5. The molecule has 1 atom stereocenters. The normalized spacial score (nSPS) is 18.1. The van der Waals surface area contributed by atoms with Gasteiger partial charge in [-0.3, -0.25) is 4.90 Å². The second-order valence-electron chi connectivity index (χ2n) is 5.89. The van der Waals surface area contributed by atoms with Crippen molar-refractivity contribution in [3.8, 4) is 17.3 Å². The molecule has 4 rings (SSSR count). The van der Waals surface area contributed by atoms with Crippen LogP contribution in [0.15, 0.2) is 51.6 Å². The quantitative estimate of drug-likeness (QED) is 0.713. The minimum atomic E-state index is 0.346. The van der Waals surface area contributed by atoms with Crippen LogP contribution >= 0.6 is 0 Å². The fourth-order valence-corrected chi connectivity index (χ4v) is 3.24. The fourth-order valence-electron chi connectivity index (χ4n) is 3.24. The number of furan rings is 1. The number of ether oxygens (including phenoxy) is 1. The van der Waals surface area contributed by atoms with E-state index < -0.39 is 0 Å². The van der Waals surface area contributed by atoms with Crippen LogP contribution in [-0.4, -0.2) is 28.7 Å². The van der Waals surface area contributed by atoms with Crippen LogP contribution in [0.2, 0.25) is 0 Å². The van der Waals surface area contributed by atoms with E-state index in [2.05, 4.69) is 27.2 Å². The lowest BCUT2D eigenvalue weighted by molar-refractivity contribution is 0.212. The third-order valence-corrected chi connectivity index (χ3v) is 4.39. The lowest BCUT2D eigenvalue weighted by Crippen LogP contribution is -2.23. The standard InChI is InChI=1S/C18H19N3O3/c1-22-14-6-2-5-13(11-14)15-7-3-9-21(15)12-17-19-18(20-24-17)16-8-4-10-23-16/h2,4-6,8,10-11,15H,3,7,9,12H2,1H3. The molecule has 1 aliphatic heterocycles. The van der Waals surface area contributed by atoms with Crippen LogP contribution in [0, 0.1) is 0 Å². The SMILES string of the molecule is COc1cccc(C2CCCN2Cc2nc(-c3ccco3)no2)c1. The molecule has 1 aliphatic rings. The summed E-state index contributed by atoms with van der Waals surface area (Å²) in [4.78, 5) is 6.81. The third-order valence-electron chi connectivity index (χ3n) is 4.39. The minimum Gasteiger partial charge on any atom is -0.497 e. The number of aromatic nitrogens is 2. The highest BCUT2D eigenvalue weighted by atomic mass is 16.5. The molecule has 3 heterocycles. The van der Waals surface area contributed by atoms with Gasteiger partial charge in [0, 0.05) is 6.04 Å². The molecule has 124 valence electrons. The highest BCUT2D eigenvalue weighted by molar-refractivity contribution is 5.44. The summed E-state index contributed by atoms with van der Waals surface area (Å²) in [5, 5.41) is 4.00. The van der Waals surface area contributed by atoms with E-state index in [1.807, 2.05) is 24.3 Å². The van der Waals surface area contributed by atoms with Crippen LogP contribution in [0.3, 0.4) is 0 Å². The summed E-state index contributed by atoms with van der Waals surface area (Å²) in [5.41, 5.74) is 1.26. The number of hydrogen-bond donors (Lipinski definition) is 0. The van der Waals surface area contributed by atoms with Crippen molar-refractivity contribution in [2.45, 2.75) is 25.4 Å². The van der Waals surface area contributed by atoms with E-state index in [0.717, 1.165) is 25.1 Å². The summed E-state index contributed by atoms with van der Waals surface area (Å²) in [6, 6.07) is 12.2. The van der Waals surface area contributed by atoms with E-state index in [9.17, 15) is 0 Å². The first-order chi connectivity index (χ1) is 11.8. The zero-order valence-corrected chi connectivity index (χ0v) is 13.5. The van der Waals surface area contributed by atoms with Gasteiger partial charge in [-0.25, -0.2) is 0 Å². The smallest absolute Gasteiger partial charge is 0.241 e. The number of rotatable bonds is 5. The van der Waals surface area contributed by atoms with E-state index in [4.69, 9.17) is 13.7 Å². The highest BCUT2D eigenvalue weighted by Gasteiger charge is 2.28. The first kappa shape index (κ1) is 15.0. The molecule has 0 bridgehead atoms. The summed E-state index contributed by atoms with van der Waals surface area (Å²) in [7, 11) is 1.69. The van der Waals surface area contributed by atoms with Crippen molar-refractivity contribution < 1.29 is 13.7 Å². The molecule has 0 amide bonds. The molecule has 6 nitrogen and oxygen atoms in total. The molecule has 1 fully saturated rings. The molecule has 3 aromatic rings. The Balaban J connectivity index is 1.51. The van der Waals surface area contributed by atoms with Crippen LogP contribution in [0.1, 0.15) is 30.3 Å². The average molecular weight is 325 g/mol. The van der Waals surface area contributed by atoms with Crippen molar-refractivity contribution in [1.29, 1.82) is 0 Å². The predicted molar refractivity (Wildman–Crippen MR) is 87.4 cm³/mol. The third kappa shape index (κ3) is 2.92.